The molecule has 0 rings (SSSR count). The van der Waals surface area contributed by atoms with Crippen LogP contribution in [0.4, 0.5) is 0 Å². The third kappa shape index (κ3) is 22.1. The summed E-state index contributed by atoms with van der Waals surface area (Å²) >= 11 is 0. The van der Waals surface area contributed by atoms with Crippen molar-refractivity contribution >= 4 is 84.7 Å². The molecule has 4 N–H and O–H groups in total. The smallest absolute Gasteiger partial charge is 0.550 e. The van der Waals surface area contributed by atoms with Gasteiger partial charge in [-0.15, -0.1) is 0 Å². The molecule has 0 fully saturated rings. The van der Waals surface area contributed by atoms with E-state index in [4.69, 9.17) is 11.5 Å². The molecule has 22 heavy (non-hydrogen) atoms. The summed E-state index contributed by atoms with van der Waals surface area (Å²) in [7, 11) is 0. The molecule has 2 atom stereocenters. The number of aliphatic carboxylic acids is 4. The molecule has 0 saturated carbocycles. The minimum Gasteiger partial charge on any atom is -0.550 e. The van der Waals surface area contributed by atoms with Crippen molar-refractivity contribution < 1.29 is 39.6 Å². The fraction of sp³-hybridized carbons (Fsp3) is 0.600. The van der Waals surface area contributed by atoms with Crippen molar-refractivity contribution in [1.29, 1.82) is 0 Å². The molecule has 0 aliphatic rings. The fourth-order valence-electron chi connectivity index (χ4n) is 0.782. The maximum absolute atomic E-state index is 9.86. The molecule has 0 radical (unpaired) electrons. The average Bonchev–Trinajstić information content (AvgIpc) is 2.33. The second kappa shape index (κ2) is 17.2. The Morgan fingerprint density at radius 2 is 0.955 bits per heavy atom. The van der Waals surface area contributed by atoms with E-state index in [0.717, 1.165) is 0 Å². The first-order valence-corrected chi connectivity index (χ1v) is 5.40. The Bertz CT molecular complexity index is 335. The number of rotatable bonds is 8. The van der Waals surface area contributed by atoms with Crippen LogP contribution >= 0.6 is 0 Å². The molecule has 0 aliphatic carbocycles. The molecule has 0 aliphatic heterocycles. The first kappa shape index (κ1) is 29.8. The summed E-state index contributed by atoms with van der Waals surface area (Å²) in [5.74, 6) is -5.50. The predicted octanol–water partition coefficient (Wildman–Crippen LogP) is -7.57. The first-order valence-electron chi connectivity index (χ1n) is 5.40. The molecule has 0 heterocycles. The minimum atomic E-state index is -1.44. The summed E-state index contributed by atoms with van der Waals surface area (Å²) in [5.41, 5.74) is 9.82. The van der Waals surface area contributed by atoms with Crippen LogP contribution in [0, 0.1) is 0 Å². The molecule has 12 heteroatoms. The Hall–Kier alpha value is -0.174. The Labute approximate surface area is 172 Å². The molecular formula is C10H14CaMgN2O8. The zero-order valence-corrected chi connectivity index (χ0v) is 15.4. The van der Waals surface area contributed by atoms with Crippen LogP contribution in [-0.4, -0.2) is 96.8 Å². The summed E-state index contributed by atoms with van der Waals surface area (Å²) in [6, 6.07) is -2.42. The monoisotopic (exact) mass is 354 g/mol. The summed E-state index contributed by atoms with van der Waals surface area (Å²) in [5, 5.41) is 39.2. The van der Waals surface area contributed by atoms with Crippen LogP contribution in [0.15, 0.2) is 0 Å². The van der Waals surface area contributed by atoms with Crippen LogP contribution in [0.5, 0.6) is 0 Å². The van der Waals surface area contributed by atoms with Gasteiger partial charge in [-0.1, -0.05) is 0 Å². The Morgan fingerprint density at radius 1 is 0.727 bits per heavy atom. The van der Waals surface area contributed by atoms with Gasteiger partial charge >= 0.3 is 60.8 Å². The Kier molecular flexibility index (Phi) is 23.3. The quantitative estimate of drug-likeness (QED) is 0.392. The van der Waals surface area contributed by atoms with Crippen molar-refractivity contribution in [1.82, 2.24) is 0 Å². The molecule has 0 spiro atoms. The zero-order valence-electron chi connectivity index (χ0n) is 11.8. The van der Waals surface area contributed by atoms with Crippen molar-refractivity contribution in [2.75, 3.05) is 0 Å². The molecular weight excluding hydrogens is 340 g/mol. The third-order valence-corrected chi connectivity index (χ3v) is 1.92. The van der Waals surface area contributed by atoms with Gasteiger partial charge in [0, 0.05) is 24.0 Å². The van der Waals surface area contributed by atoms with Crippen LogP contribution < -0.4 is 31.9 Å². The van der Waals surface area contributed by atoms with E-state index in [-0.39, 0.29) is 86.5 Å². The summed E-state index contributed by atoms with van der Waals surface area (Å²) in [6.45, 7) is 0. The molecule has 10 nitrogen and oxygen atoms in total. The van der Waals surface area contributed by atoms with Crippen LogP contribution in [-0.2, 0) is 19.2 Å². The van der Waals surface area contributed by atoms with E-state index in [1.54, 1.807) is 0 Å². The van der Waals surface area contributed by atoms with Crippen LogP contribution in [0.3, 0.4) is 0 Å². The molecule has 0 saturated heterocycles. The van der Waals surface area contributed by atoms with E-state index in [2.05, 4.69) is 0 Å². The summed E-state index contributed by atoms with van der Waals surface area (Å²) in [6.07, 6.45) is -1.00. The molecule has 0 amide bonds. The average molecular weight is 355 g/mol. The largest absolute Gasteiger partial charge is 2.00 e. The summed E-state index contributed by atoms with van der Waals surface area (Å²) in [4.78, 5) is 39.2. The molecule has 0 aromatic rings. The van der Waals surface area contributed by atoms with E-state index in [1.165, 1.54) is 0 Å². The van der Waals surface area contributed by atoms with E-state index in [9.17, 15) is 39.6 Å². The fourth-order valence-corrected chi connectivity index (χ4v) is 0.782. The van der Waals surface area contributed by atoms with Crippen molar-refractivity contribution in [3.05, 3.63) is 0 Å². The van der Waals surface area contributed by atoms with Crippen molar-refractivity contribution in [3.8, 4) is 0 Å². The van der Waals surface area contributed by atoms with Crippen molar-refractivity contribution in [3.63, 3.8) is 0 Å². The van der Waals surface area contributed by atoms with Crippen molar-refractivity contribution in [2.24, 2.45) is 11.5 Å². The summed E-state index contributed by atoms with van der Waals surface area (Å²) < 4.78 is 0. The van der Waals surface area contributed by atoms with Gasteiger partial charge in [-0.3, -0.25) is 0 Å². The number of carboxylic acids is 4. The number of carboxylic acid groups (broad SMARTS) is 4. The second-order valence-electron chi connectivity index (χ2n) is 3.67. The molecule has 0 aromatic carbocycles. The van der Waals surface area contributed by atoms with Gasteiger partial charge in [-0.25, -0.2) is 0 Å². The van der Waals surface area contributed by atoms with Crippen LogP contribution in [0.25, 0.3) is 0 Å². The van der Waals surface area contributed by atoms with E-state index >= 15 is 0 Å². The normalized spacial score (nSPS) is 11.4. The van der Waals surface area contributed by atoms with E-state index < -0.39 is 36.0 Å². The SMILES string of the molecule is NC(CCC(=O)[O-])C(=O)[O-].NC(CCC(=O)[O-])C(=O)[O-].[Ca+2].[Mg+2]. The van der Waals surface area contributed by atoms with Gasteiger partial charge in [0.2, 0.25) is 0 Å². The number of carbonyl (C=O) groups excluding carboxylic acids is 4. The van der Waals surface area contributed by atoms with E-state index in [1.807, 2.05) is 0 Å². The Balaban J connectivity index is -0.000000135. The van der Waals surface area contributed by atoms with Gasteiger partial charge in [0.1, 0.15) is 0 Å². The number of carbonyl (C=O) groups is 4. The maximum Gasteiger partial charge on any atom is 2.00 e. The van der Waals surface area contributed by atoms with Crippen LogP contribution in [0.1, 0.15) is 25.7 Å². The topological polar surface area (TPSA) is 213 Å². The van der Waals surface area contributed by atoms with Gasteiger partial charge in [-0.2, -0.15) is 0 Å². The third-order valence-electron chi connectivity index (χ3n) is 1.92. The minimum absolute atomic E-state index is 0. The number of nitrogens with two attached hydrogens (primary N) is 2. The van der Waals surface area contributed by atoms with Gasteiger partial charge in [-0.05, 0) is 25.7 Å². The maximum atomic E-state index is 9.86. The Morgan fingerprint density at radius 3 is 1.09 bits per heavy atom. The van der Waals surface area contributed by atoms with Crippen LogP contribution in [0.2, 0.25) is 0 Å². The molecule has 2 unspecified atom stereocenters. The predicted molar refractivity (Wildman–Crippen MR) is 66.0 cm³/mol. The molecule has 116 valence electrons. The van der Waals surface area contributed by atoms with Gasteiger partial charge in [0.05, 0.1) is 11.9 Å². The zero-order chi connectivity index (χ0) is 16.3. The first-order chi connectivity index (χ1) is 9.07. The second-order valence-corrected chi connectivity index (χ2v) is 3.67. The van der Waals surface area contributed by atoms with Gasteiger partial charge in [0.15, 0.2) is 0 Å². The van der Waals surface area contributed by atoms with Gasteiger partial charge < -0.3 is 51.1 Å². The number of hydrogen-bond donors (Lipinski definition) is 2. The van der Waals surface area contributed by atoms with Crippen molar-refractivity contribution in [2.45, 2.75) is 37.8 Å². The molecule has 0 bridgehead atoms. The standard InChI is InChI=1S/2C5H9NO4.Ca.Mg/c2*6-3(5(9)10)1-2-4(7)8;;/h2*3H,1-2,6H2,(H,7,8)(H,9,10);;/q;;2*+2/p-4. The molecule has 0 aromatic heterocycles. The number of hydrogen-bond acceptors (Lipinski definition) is 10. The van der Waals surface area contributed by atoms with E-state index in [0.29, 0.717) is 0 Å². The van der Waals surface area contributed by atoms with Gasteiger partial charge in [0.25, 0.3) is 0 Å².